The van der Waals surface area contributed by atoms with Crippen LogP contribution < -0.4 is 0 Å². The van der Waals surface area contributed by atoms with Gasteiger partial charge in [0, 0.05) is 13.1 Å². The van der Waals surface area contributed by atoms with Crippen LogP contribution >= 0.6 is 0 Å². The highest BCUT2D eigenvalue weighted by atomic mass is 16.6. The van der Waals surface area contributed by atoms with Gasteiger partial charge in [-0.05, 0) is 24.7 Å². The van der Waals surface area contributed by atoms with Crippen LogP contribution in [0.3, 0.4) is 0 Å². The highest BCUT2D eigenvalue weighted by molar-refractivity contribution is 5.67. The molecule has 1 heterocycles. The molecule has 1 fully saturated rings. The van der Waals surface area contributed by atoms with Gasteiger partial charge in [-0.1, -0.05) is 20.8 Å². The van der Waals surface area contributed by atoms with Crippen molar-refractivity contribution in [3.8, 4) is 0 Å². The first-order valence-electron chi connectivity index (χ1n) is 5.37. The second-order valence-electron chi connectivity index (χ2n) is 5.00. The number of carbonyl (C=O) groups is 1. The molecule has 3 nitrogen and oxygen atoms in total. The van der Waals surface area contributed by atoms with Gasteiger partial charge in [-0.15, -0.1) is 0 Å². The summed E-state index contributed by atoms with van der Waals surface area (Å²) in [7, 11) is 0. The zero-order valence-corrected chi connectivity index (χ0v) is 9.67. The first kappa shape index (κ1) is 11.3. The van der Waals surface area contributed by atoms with Crippen molar-refractivity contribution in [3.63, 3.8) is 0 Å². The van der Waals surface area contributed by atoms with E-state index in [1.807, 2.05) is 11.8 Å². The Morgan fingerprint density at radius 1 is 1.50 bits per heavy atom. The monoisotopic (exact) mass is 199 g/mol. The molecule has 0 spiro atoms. The predicted molar refractivity (Wildman–Crippen MR) is 56.2 cm³/mol. The average Bonchev–Trinajstić information content (AvgIpc) is 2.51. The molecular weight excluding hydrogens is 178 g/mol. The molecule has 1 aliphatic rings. The maximum Gasteiger partial charge on any atom is 0.409 e. The van der Waals surface area contributed by atoms with Gasteiger partial charge in [-0.2, -0.15) is 0 Å². The van der Waals surface area contributed by atoms with E-state index in [2.05, 4.69) is 20.8 Å². The number of nitrogens with zero attached hydrogens (tertiary/aromatic N) is 1. The number of likely N-dealkylation sites (tertiary alicyclic amines) is 1. The summed E-state index contributed by atoms with van der Waals surface area (Å²) in [5.41, 5.74) is 0.293. The lowest BCUT2D eigenvalue weighted by molar-refractivity contribution is 0.111. The molecule has 0 aliphatic carbocycles. The molecular formula is C11H21NO2. The van der Waals surface area contributed by atoms with Gasteiger partial charge in [0.1, 0.15) is 0 Å². The number of ether oxygens (including phenoxy) is 1. The summed E-state index contributed by atoms with van der Waals surface area (Å²) < 4.78 is 4.97. The lowest BCUT2D eigenvalue weighted by Gasteiger charge is -2.26. The van der Waals surface area contributed by atoms with Gasteiger partial charge in [0.25, 0.3) is 0 Å². The molecule has 0 aromatic carbocycles. The van der Waals surface area contributed by atoms with Crippen LogP contribution in [-0.4, -0.2) is 30.7 Å². The third-order valence-electron chi connectivity index (χ3n) is 2.94. The Morgan fingerprint density at radius 2 is 2.14 bits per heavy atom. The van der Waals surface area contributed by atoms with Crippen LogP contribution in [0.15, 0.2) is 0 Å². The van der Waals surface area contributed by atoms with E-state index < -0.39 is 0 Å². The van der Waals surface area contributed by atoms with Crippen LogP contribution in [0.5, 0.6) is 0 Å². The Labute approximate surface area is 86.4 Å². The summed E-state index contributed by atoms with van der Waals surface area (Å²) >= 11 is 0. The Hall–Kier alpha value is -0.730. The zero-order valence-electron chi connectivity index (χ0n) is 9.67. The minimum absolute atomic E-state index is 0.153. The molecule has 0 aromatic rings. The Bertz CT molecular complexity index is 208. The lowest BCUT2D eigenvalue weighted by atomic mass is 9.80. The van der Waals surface area contributed by atoms with Crippen molar-refractivity contribution >= 4 is 6.09 Å². The fourth-order valence-electron chi connectivity index (χ4n) is 1.85. The summed E-state index contributed by atoms with van der Waals surface area (Å²) in [5, 5.41) is 0. The van der Waals surface area contributed by atoms with E-state index in [0.29, 0.717) is 17.9 Å². The standard InChI is InChI=1S/C11H21NO2/c1-5-14-10(13)12-7-6-9(8-12)11(2,3)4/h9H,5-8H2,1-4H3. The van der Waals surface area contributed by atoms with Crippen LogP contribution in [0.4, 0.5) is 4.79 Å². The fourth-order valence-corrected chi connectivity index (χ4v) is 1.85. The van der Waals surface area contributed by atoms with Crippen molar-refractivity contribution in [2.45, 2.75) is 34.1 Å². The van der Waals surface area contributed by atoms with Crippen LogP contribution in [0.25, 0.3) is 0 Å². The minimum atomic E-state index is -0.153. The normalized spacial score (nSPS) is 22.6. The van der Waals surface area contributed by atoms with Crippen LogP contribution in [0.1, 0.15) is 34.1 Å². The van der Waals surface area contributed by atoms with Crippen molar-refractivity contribution in [1.29, 1.82) is 0 Å². The maximum atomic E-state index is 11.4. The summed E-state index contributed by atoms with van der Waals surface area (Å²) in [5.74, 6) is 0.604. The lowest BCUT2D eigenvalue weighted by Crippen LogP contribution is -2.31. The highest BCUT2D eigenvalue weighted by Crippen LogP contribution is 2.33. The molecule has 82 valence electrons. The molecule has 1 rings (SSSR count). The van der Waals surface area contributed by atoms with Crippen LogP contribution in [-0.2, 0) is 4.74 Å². The fraction of sp³-hybridized carbons (Fsp3) is 0.909. The molecule has 1 unspecified atom stereocenters. The predicted octanol–water partition coefficient (Wildman–Crippen LogP) is 2.51. The number of rotatable bonds is 1. The van der Waals surface area contributed by atoms with Crippen molar-refractivity contribution in [3.05, 3.63) is 0 Å². The van der Waals surface area contributed by atoms with Gasteiger partial charge < -0.3 is 9.64 Å². The van der Waals surface area contributed by atoms with E-state index in [9.17, 15) is 4.79 Å². The molecule has 0 bridgehead atoms. The highest BCUT2D eigenvalue weighted by Gasteiger charge is 2.34. The van der Waals surface area contributed by atoms with E-state index >= 15 is 0 Å². The van der Waals surface area contributed by atoms with Crippen molar-refractivity contribution in [2.24, 2.45) is 11.3 Å². The molecule has 0 radical (unpaired) electrons. The molecule has 14 heavy (non-hydrogen) atoms. The number of hydrogen-bond donors (Lipinski definition) is 0. The minimum Gasteiger partial charge on any atom is -0.450 e. The van der Waals surface area contributed by atoms with E-state index in [-0.39, 0.29) is 6.09 Å². The first-order chi connectivity index (χ1) is 6.45. The van der Waals surface area contributed by atoms with Gasteiger partial charge in [0.05, 0.1) is 6.61 Å². The van der Waals surface area contributed by atoms with Gasteiger partial charge >= 0.3 is 6.09 Å². The molecule has 3 heteroatoms. The Morgan fingerprint density at radius 3 is 2.57 bits per heavy atom. The van der Waals surface area contributed by atoms with Gasteiger partial charge in [-0.3, -0.25) is 0 Å². The van der Waals surface area contributed by atoms with E-state index in [1.54, 1.807) is 0 Å². The van der Waals surface area contributed by atoms with Gasteiger partial charge in [0.15, 0.2) is 0 Å². The van der Waals surface area contributed by atoms with Gasteiger partial charge in [0.2, 0.25) is 0 Å². The SMILES string of the molecule is CCOC(=O)N1CCC(C(C)(C)C)C1. The number of carbonyl (C=O) groups excluding carboxylic acids is 1. The molecule has 0 aromatic heterocycles. The summed E-state index contributed by atoms with van der Waals surface area (Å²) in [6, 6.07) is 0. The van der Waals surface area contributed by atoms with Crippen molar-refractivity contribution < 1.29 is 9.53 Å². The van der Waals surface area contributed by atoms with E-state index in [0.717, 1.165) is 19.5 Å². The third-order valence-corrected chi connectivity index (χ3v) is 2.94. The second-order valence-corrected chi connectivity index (χ2v) is 5.00. The smallest absolute Gasteiger partial charge is 0.409 e. The number of amides is 1. The topological polar surface area (TPSA) is 29.5 Å². The van der Waals surface area contributed by atoms with Crippen molar-refractivity contribution in [2.75, 3.05) is 19.7 Å². The largest absolute Gasteiger partial charge is 0.450 e. The summed E-state index contributed by atoms with van der Waals surface area (Å²) in [6.45, 7) is 10.7. The summed E-state index contributed by atoms with van der Waals surface area (Å²) in [6.07, 6.45) is 0.946. The molecule has 1 saturated heterocycles. The zero-order chi connectivity index (χ0) is 10.8. The third kappa shape index (κ3) is 2.63. The average molecular weight is 199 g/mol. The Kier molecular flexibility index (Phi) is 3.40. The van der Waals surface area contributed by atoms with Crippen molar-refractivity contribution in [1.82, 2.24) is 4.90 Å². The first-order valence-corrected chi connectivity index (χ1v) is 5.37. The Balaban J connectivity index is 2.45. The van der Waals surface area contributed by atoms with Gasteiger partial charge in [-0.25, -0.2) is 4.79 Å². The molecule has 1 aliphatic heterocycles. The quantitative estimate of drug-likeness (QED) is 0.649. The van der Waals surface area contributed by atoms with E-state index in [1.165, 1.54) is 0 Å². The molecule has 1 amide bonds. The van der Waals surface area contributed by atoms with Crippen LogP contribution in [0, 0.1) is 11.3 Å². The summed E-state index contributed by atoms with van der Waals surface area (Å²) in [4.78, 5) is 13.2. The maximum absolute atomic E-state index is 11.4. The second kappa shape index (κ2) is 4.20. The van der Waals surface area contributed by atoms with E-state index in [4.69, 9.17) is 4.74 Å². The molecule has 1 atom stereocenters. The molecule has 0 N–H and O–H groups in total. The number of hydrogen-bond acceptors (Lipinski definition) is 2. The van der Waals surface area contributed by atoms with Crippen LogP contribution in [0.2, 0.25) is 0 Å². The molecule has 0 saturated carbocycles.